The predicted octanol–water partition coefficient (Wildman–Crippen LogP) is 3.77. The lowest BCUT2D eigenvalue weighted by Gasteiger charge is -2.39. The minimum absolute atomic E-state index is 0. The number of carbonyl (C=O) groups is 1. The molecule has 0 bridgehead atoms. The van der Waals surface area contributed by atoms with Crippen LogP contribution in [-0.2, 0) is 4.79 Å². The zero-order valence-corrected chi connectivity index (χ0v) is 16.7. The van der Waals surface area contributed by atoms with Crippen molar-refractivity contribution in [1.82, 2.24) is 9.88 Å². The number of nitrogens with zero attached hydrogens (tertiary/aromatic N) is 2. The van der Waals surface area contributed by atoms with Crippen LogP contribution in [0.2, 0.25) is 0 Å². The second-order valence-corrected chi connectivity index (χ2v) is 7.00. The van der Waals surface area contributed by atoms with Gasteiger partial charge in [-0.25, -0.2) is 4.98 Å². The van der Waals surface area contributed by atoms with Gasteiger partial charge < -0.3 is 10.6 Å². The highest BCUT2D eigenvalue weighted by atomic mass is 35.5. The first-order chi connectivity index (χ1) is 10.1. The van der Waals surface area contributed by atoms with E-state index in [1.165, 1.54) is 5.01 Å². The number of carbonyl (C=O) groups excluding carboxylic acids is 1. The van der Waals surface area contributed by atoms with Gasteiger partial charge in [0.1, 0.15) is 0 Å². The molecular weight excluding hydrogens is 353 g/mol. The maximum atomic E-state index is 12.9. The summed E-state index contributed by atoms with van der Waals surface area (Å²) in [5, 5.41) is 3.27. The van der Waals surface area contributed by atoms with Crippen LogP contribution in [0.4, 0.5) is 0 Å². The normalized spacial score (nSPS) is 18.1. The molecule has 1 aliphatic heterocycles. The van der Waals surface area contributed by atoms with E-state index in [4.69, 9.17) is 5.73 Å². The van der Waals surface area contributed by atoms with Crippen molar-refractivity contribution in [3.8, 4) is 0 Å². The Hall–Kier alpha value is -0.360. The molecule has 1 fully saturated rings. The van der Waals surface area contributed by atoms with Crippen molar-refractivity contribution >= 4 is 42.1 Å². The summed E-state index contributed by atoms with van der Waals surface area (Å²) in [7, 11) is 0. The second-order valence-electron chi connectivity index (χ2n) is 6.11. The number of aromatic nitrogens is 1. The third-order valence-electron chi connectivity index (χ3n) is 4.89. The van der Waals surface area contributed by atoms with Crippen LogP contribution in [0.25, 0.3) is 0 Å². The monoisotopic (exact) mass is 381 g/mol. The number of thiazole rings is 1. The van der Waals surface area contributed by atoms with Crippen molar-refractivity contribution in [2.24, 2.45) is 11.1 Å². The van der Waals surface area contributed by atoms with Gasteiger partial charge in [-0.2, -0.15) is 0 Å². The van der Waals surface area contributed by atoms with Crippen LogP contribution < -0.4 is 5.73 Å². The SMILES string of the molecule is CCC(CC)(CN)C(=O)N1CCCC(c2nc(C)cs2)C1.Cl.Cl. The summed E-state index contributed by atoms with van der Waals surface area (Å²) in [6.45, 7) is 8.27. The molecule has 1 unspecified atom stereocenters. The molecule has 0 spiro atoms. The van der Waals surface area contributed by atoms with E-state index in [1.807, 2.05) is 11.8 Å². The van der Waals surface area contributed by atoms with Crippen LogP contribution >= 0.6 is 36.2 Å². The van der Waals surface area contributed by atoms with E-state index < -0.39 is 0 Å². The lowest BCUT2D eigenvalue weighted by atomic mass is 9.80. The number of halogens is 2. The van der Waals surface area contributed by atoms with E-state index >= 15 is 0 Å². The van der Waals surface area contributed by atoms with Gasteiger partial charge in [0.05, 0.1) is 10.4 Å². The average molecular weight is 382 g/mol. The maximum absolute atomic E-state index is 12.9. The fourth-order valence-electron chi connectivity index (χ4n) is 3.19. The Morgan fingerprint density at radius 2 is 2.09 bits per heavy atom. The highest BCUT2D eigenvalue weighted by Gasteiger charge is 2.38. The summed E-state index contributed by atoms with van der Waals surface area (Å²) < 4.78 is 0. The molecule has 1 aliphatic rings. The average Bonchev–Trinajstić information content (AvgIpc) is 2.96. The molecule has 2 rings (SSSR count). The smallest absolute Gasteiger partial charge is 0.230 e. The summed E-state index contributed by atoms with van der Waals surface area (Å²) >= 11 is 1.72. The van der Waals surface area contributed by atoms with E-state index in [2.05, 4.69) is 24.2 Å². The highest BCUT2D eigenvalue weighted by Crippen LogP contribution is 2.33. The molecule has 1 aromatic heterocycles. The number of piperidine rings is 1. The molecule has 23 heavy (non-hydrogen) atoms. The highest BCUT2D eigenvalue weighted by molar-refractivity contribution is 7.09. The lowest BCUT2D eigenvalue weighted by Crippen LogP contribution is -2.50. The van der Waals surface area contributed by atoms with E-state index in [0.717, 1.165) is 44.5 Å². The van der Waals surface area contributed by atoms with Gasteiger partial charge in [-0.1, -0.05) is 13.8 Å². The van der Waals surface area contributed by atoms with E-state index in [1.54, 1.807) is 11.3 Å². The molecule has 0 aliphatic carbocycles. The number of hydrogen-bond acceptors (Lipinski definition) is 4. The van der Waals surface area contributed by atoms with Crippen molar-refractivity contribution < 1.29 is 4.79 Å². The molecule has 1 atom stereocenters. The molecule has 1 amide bonds. The molecule has 0 saturated carbocycles. The largest absolute Gasteiger partial charge is 0.341 e. The van der Waals surface area contributed by atoms with E-state index in [-0.39, 0.29) is 36.1 Å². The van der Waals surface area contributed by atoms with Gasteiger partial charge in [0, 0.05) is 36.6 Å². The number of likely N-dealkylation sites (tertiary alicyclic amines) is 1. The van der Waals surface area contributed by atoms with Gasteiger partial charge in [-0.15, -0.1) is 36.2 Å². The third kappa shape index (κ3) is 4.81. The zero-order valence-electron chi connectivity index (χ0n) is 14.2. The van der Waals surface area contributed by atoms with Crippen LogP contribution in [0.1, 0.15) is 56.2 Å². The summed E-state index contributed by atoms with van der Waals surface area (Å²) in [5.74, 6) is 0.638. The van der Waals surface area contributed by atoms with E-state index in [9.17, 15) is 4.79 Å². The van der Waals surface area contributed by atoms with Gasteiger partial charge in [-0.3, -0.25) is 4.79 Å². The molecule has 2 N–H and O–H groups in total. The fourth-order valence-corrected chi connectivity index (χ4v) is 4.11. The van der Waals surface area contributed by atoms with E-state index in [0.29, 0.717) is 12.5 Å². The predicted molar refractivity (Wildman–Crippen MR) is 102 cm³/mol. The number of rotatable bonds is 5. The second kappa shape index (κ2) is 9.82. The van der Waals surface area contributed by atoms with Crippen LogP contribution in [-0.4, -0.2) is 35.4 Å². The first kappa shape index (κ1) is 22.6. The summed E-state index contributed by atoms with van der Waals surface area (Å²) in [6.07, 6.45) is 3.82. The summed E-state index contributed by atoms with van der Waals surface area (Å²) in [5.41, 5.74) is 6.63. The fraction of sp³-hybridized carbons (Fsp3) is 0.750. The Bertz CT molecular complexity index is 483. The van der Waals surface area contributed by atoms with Gasteiger partial charge in [-0.05, 0) is 32.6 Å². The zero-order chi connectivity index (χ0) is 15.5. The molecule has 0 radical (unpaired) electrons. The number of aryl methyl sites for hydroxylation is 1. The van der Waals surface area contributed by atoms with Gasteiger partial charge in [0.2, 0.25) is 5.91 Å². The summed E-state index contributed by atoms with van der Waals surface area (Å²) in [6, 6.07) is 0. The lowest BCUT2D eigenvalue weighted by molar-refractivity contribution is -0.143. The Morgan fingerprint density at radius 1 is 1.43 bits per heavy atom. The van der Waals surface area contributed by atoms with Crippen molar-refractivity contribution in [2.75, 3.05) is 19.6 Å². The maximum Gasteiger partial charge on any atom is 0.230 e. The first-order valence-corrected chi connectivity index (χ1v) is 8.85. The standard InChI is InChI=1S/C16H27N3OS.2ClH/c1-4-16(5-2,11-17)15(20)19-8-6-7-13(9-19)14-18-12(3)10-21-14;;/h10,13H,4-9,11,17H2,1-3H3;2*1H. The molecule has 4 nitrogen and oxygen atoms in total. The molecular formula is C16H29Cl2N3OS. The topological polar surface area (TPSA) is 59.2 Å². The van der Waals surface area contributed by atoms with Crippen LogP contribution in [0, 0.1) is 12.3 Å². The van der Waals surface area contributed by atoms with Crippen molar-refractivity contribution in [3.63, 3.8) is 0 Å². The quantitative estimate of drug-likeness (QED) is 0.843. The minimum Gasteiger partial charge on any atom is -0.341 e. The number of nitrogens with two attached hydrogens (primary N) is 1. The molecule has 0 aromatic carbocycles. The number of amides is 1. The molecule has 134 valence electrons. The van der Waals surface area contributed by atoms with Crippen LogP contribution in [0.15, 0.2) is 5.38 Å². The van der Waals surface area contributed by atoms with Crippen molar-refractivity contribution in [3.05, 3.63) is 16.1 Å². The molecule has 1 saturated heterocycles. The van der Waals surface area contributed by atoms with Gasteiger partial charge in [0.25, 0.3) is 0 Å². The van der Waals surface area contributed by atoms with Crippen LogP contribution in [0.5, 0.6) is 0 Å². The van der Waals surface area contributed by atoms with Gasteiger partial charge >= 0.3 is 0 Å². The van der Waals surface area contributed by atoms with Crippen LogP contribution in [0.3, 0.4) is 0 Å². The minimum atomic E-state index is -0.374. The first-order valence-electron chi connectivity index (χ1n) is 7.97. The number of hydrogen-bond donors (Lipinski definition) is 1. The molecule has 2 heterocycles. The Balaban J connectivity index is 0.00000242. The molecule has 7 heteroatoms. The Labute approximate surface area is 156 Å². The van der Waals surface area contributed by atoms with Gasteiger partial charge in [0.15, 0.2) is 0 Å². The van der Waals surface area contributed by atoms with Crippen molar-refractivity contribution in [1.29, 1.82) is 0 Å². The Kier molecular flexibility index (Phi) is 9.67. The Morgan fingerprint density at radius 3 is 2.57 bits per heavy atom. The molecule has 1 aromatic rings. The van der Waals surface area contributed by atoms with Crippen molar-refractivity contribution in [2.45, 2.75) is 52.4 Å². The summed E-state index contributed by atoms with van der Waals surface area (Å²) in [4.78, 5) is 19.6. The third-order valence-corrected chi connectivity index (χ3v) is 6.02.